The van der Waals surface area contributed by atoms with Gasteiger partial charge in [-0.25, -0.2) is 0 Å². The molecule has 96 valence electrons. The number of ether oxygens (including phenoxy) is 1. The molecular formula is C15H19NO2. The quantitative estimate of drug-likeness (QED) is 0.802. The summed E-state index contributed by atoms with van der Waals surface area (Å²) >= 11 is 0. The third kappa shape index (κ3) is 1.88. The fourth-order valence-corrected chi connectivity index (χ4v) is 2.80. The first-order valence-electron chi connectivity index (χ1n) is 6.78. The normalized spacial score (nSPS) is 19.1. The van der Waals surface area contributed by atoms with Crippen molar-refractivity contribution in [3.8, 4) is 5.75 Å². The fourth-order valence-electron chi connectivity index (χ4n) is 2.80. The summed E-state index contributed by atoms with van der Waals surface area (Å²) < 4.78 is 5.25. The standard InChI is InChI=1S/C15H19NO2/c1-18-13-7-8-14-12(10-13)6-3-9-16(14)15(17)11-4-2-5-11/h7-8,10-11H,2-6,9H2,1H3. The monoisotopic (exact) mass is 245 g/mol. The Labute approximate surface area is 108 Å². The van der Waals surface area contributed by atoms with Gasteiger partial charge in [0.05, 0.1) is 7.11 Å². The molecule has 1 fully saturated rings. The Bertz CT molecular complexity index is 466. The largest absolute Gasteiger partial charge is 0.497 e. The highest BCUT2D eigenvalue weighted by Crippen LogP contribution is 2.35. The molecule has 0 N–H and O–H groups in total. The number of methoxy groups -OCH3 is 1. The Balaban J connectivity index is 1.89. The molecule has 0 unspecified atom stereocenters. The molecule has 0 aromatic heterocycles. The first kappa shape index (κ1) is 11.6. The van der Waals surface area contributed by atoms with Crippen molar-refractivity contribution in [2.24, 2.45) is 5.92 Å². The van der Waals surface area contributed by atoms with E-state index < -0.39 is 0 Å². The Morgan fingerprint density at radius 2 is 2.17 bits per heavy atom. The van der Waals surface area contributed by atoms with Crippen LogP contribution in [0.5, 0.6) is 5.75 Å². The maximum absolute atomic E-state index is 12.4. The predicted molar refractivity (Wildman–Crippen MR) is 71.0 cm³/mol. The van der Waals surface area contributed by atoms with E-state index in [1.54, 1.807) is 7.11 Å². The van der Waals surface area contributed by atoms with Crippen molar-refractivity contribution >= 4 is 11.6 Å². The van der Waals surface area contributed by atoms with Crippen LogP contribution in [0.3, 0.4) is 0 Å². The molecule has 1 amide bonds. The fraction of sp³-hybridized carbons (Fsp3) is 0.533. The summed E-state index contributed by atoms with van der Waals surface area (Å²) in [6, 6.07) is 6.05. The van der Waals surface area contributed by atoms with E-state index in [4.69, 9.17) is 4.74 Å². The lowest BCUT2D eigenvalue weighted by atomic mass is 9.83. The third-order valence-corrected chi connectivity index (χ3v) is 4.13. The van der Waals surface area contributed by atoms with E-state index in [0.29, 0.717) is 5.91 Å². The molecule has 1 aliphatic heterocycles. The predicted octanol–water partition coefficient (Wildman–Crippen LogP) is 2.77. The SMILES string of the molecule is COc1ccc2c(c1)CCCN2C(=O)C1CCC1. The zero-order valence-corrected chi connectivity index (χ0v) is 10.8. The van der Waals surface area contributed by atoms with Crippen LogP contribution in [0.2, 0.25) is 0 Å². The second-order valence-corrected chi connectivity index (χ2v) is 5.22. The number of aryl methyl sites for hydroxylation is 1. The summed E-state index contributed by atoms with van der Waals surface area (Å²) in [6.45, 7) is 0.870. The molecule has 1 saturated carbocycles. The minimum Gasteiger partial charge on any atom is -0.497 e. The number of nitrogens with zero attached hydrogens (tertiary/aromatic N) is 1. The second kappa shape index (κ2) is 4.63. The van der Waals surface area contributed by atoms with Gasteiger partial charge in [-0.3, -0.25) is 4.79 Å². The van der Waals surface area contributed by atoms with Gasteiger partial charge in [0.15, 0.2) is 0 Å². The molecule has 3 rings (SSSR count). The van der Waals surface area contributed by atoms with Gasteiger partial charge in [0, 0.05) is 18.2 Å². The van der Waals surface area contributed by atoms with Crippen molar-refractivity contribution in [1.29, 1.82) is 0 Å². The first-order chi connectivity index (χ1) is 8.79. The van der Waals surface area contributed by atoms with Gasteiger partial charge in [0.1, 0.15) is 5.75 Å². The number of amides is 1. The van der Waals surface area contributed by atoms with Crippen LogP contribution < -0.4 is 9.64 Å². The maximum atomic E-state index is 12.4. The first-order valence-corrected chi connectivity index (χ1v) is 6.78. The maximum Gasteiger partial charge on any atom is 0.230 e. The number of rotatable bonds is 2. The van der Waals surface area contributed by atoms with Gasteiger partial charge in [-0.1, -0.05) is 6.42 Å². The van der Waals surface area contributed by atoms with E-state index in [2.05, 4.69) is 6.07 Å². The number of hydrogen-bond acceptors (Lipinski definition) is 2. The molecule has 0 saturated heterocycles. The smallest absolute Gasteiger partial charge is 0.230 e. The Kier molecular flexibility index (Phi) is 2.98. The van der Waals surface area contributed by atoms with Crippen LogP contribution >= 0.6 is 0 Å². The number of hydrogen-bond donors (Lipinski definition) is 0. The third-order valence-electron chi connectivity index (χ3n) is 4.13. The molecule has 1 heterocycles. The van der Waals surface area contributed by atoms with Gasteiger partial charge < -0.3 is 9.64 Å². The number of benzene rings is 1. The zero-order chi connectivity index (χ0) is 12.5. The highest BCUT2D eigenvalue weighted by atomic mass is 16.5. The molecule has 2 aliphatic rings. The molecule has 3 heteroatoms. The van der Waals surface area contributed by atoms with Crippen molar-refractivity contribution in [3.05, 3.63) is 23.8 Å². The van der Waals surface area contributed by atoms with Crippen LogP contribution in [-0.4, -0.2) is 19.6 Å². The number of carbonyl (C=O) groups is 1. The van der Waals surface area contributed by atoms with Gasteiger partial charge in [0.2, 0.25) is 5.91 Å². The van der Waals surface area contributed by atoms with Crippen molar-refractivity contribution in [2.45, 2.75) is 32.1 Å². The van der Waals surface area contributed by atoms with Crippen LogP contribution in [0.25, 0.3) is 0 Å². The molecule has 18 heavy (non-hydrogen) atoms. The van der Waals surface area contributed by atoms with Crippen LogP contribution in [0.1, 0.15) is 31.2 Å². The van der Waals surface area contributed by atoms with Crippen molar-refractivity contribution in [2.75, 3.05) is 18.6 Å². The molecule has 0 bridgehead atoms. The van der Waals surface area contributed by atoms with E-state index in [0.717, 1.165) is 43.7 Å². The van der Waals surface area contributed by atoms with Gasteiger partial charge in [-0.2, -0.15) is 0 Å². The summed E-state index contributed by atoms with van der Waals surface area (Å²) in [7, 11) is 1.68. The molecule has 0 radical (unpaired) electrons. The number of anilines is 1. The molecule has 3 nitrogen and oxygen atoms in total. The van der Waals surface area contributed by atoms with Crippen molar-refractivity contribution in [3.63, 3.8) is 0 Å². The highest BCUT2D eigenvalue weighted by Gasteiger charge is 2.32. The van der Waals surface area contributed by atoms with Gasteiger partial charge >= 0.3 is 0 Å². The molecule has 0 atom stereocenters. The second-order valence-electron chi connectivity index (χ2n) is 5.22. The minimum atomic E-state index is 0.276. The molecule has 1 aliphatic carbocycles. The van der Waals surface area contributed by atoms with E-state index in [-0.39, 0.29) is 5.92 Å². The van der Waals surface area contributed by atoms with Gasteiger partial charge in [0.25, 0.3) is 0 Å². The highest BCUT2D eigenvalue weighted by molar-refractivity contribution is 5.96. The summed E-state index contributed by atoms with van der Waals surface area (Å²) in [6.07, 6.45) is 5.45. The number of carbonyl (C=O) groups excluding carboxylic acids is 1. The van der Waals surface area contributed by atoms with Crippen LogP contribution in [0.15, 0.2) is 18.2 Å². The van der Waals surface area contributed by atoms with E-state index in [1.807, 2.05) is 17.0 Å². The van der Waals surface area contributed by atoms with E-state index in [1.165, 1.54) is 12.0 Å². The zero-order valence-electron chi connectivity index (χ0n) is 10.8. The van der Waals surface area contributed by atoms with Crippen molar-refractivity contribution in [1.82, 2.24) is 0 Å². The summed E-state index contributed by atoms with van der Waals surface area (Å²) in [5.74, 6) is 1.48. The Morgan fingerprint density at radius 1 is 1.33 bits per heavy atom. The molecule has 0 spiro atoms. The summed E-state index contributed by atoms with van der Waals surface area (Å²) in [5, 5.41) is 0. The summed E-state index contributed by atoms with van der Waals surface area (Å²) in [5.41, 5.74) is 2.34. The van der Waals surface area contributed by atoms with Crippen molar-refractivity contribution < 1.29 is 9.53 Å². The molecular weight excluding hydrogens is 226 g/mol. The number of fused-ring (bicyclic) bond motifs is 1. The Morgan fingerprint density at radius 3 is 2.83 bits per heavy atom. The summed E-state index contributed by atoms with van der Waals surface area (Å²) in [4.78, 5) is 14.4. The minimum absolute atomic E-state index is 0.276. The lowest BCUT2D eigenvalue weighted by Gasteiger charge is -2.35. The Hall–Kier alpha value is -1.51. The van der Waals surface area contributed by atoms with Crippen LogP contribution in [0.4, 0.5) is 5.69 Å². The topological polar surface area (TPSA) is 29.5 Å². The molecule has 1 aromatic rings. The van der Waals surface area contributed by atoms with Gasteiger partial charge in [-0.05, 0) is 49.4 Å². The van der Waals surface area contributed by atoms with Crippen LogP contribution in [-0.2, 0) is 11.2 Å². The lowest BCUT2D eigenvalue weighted by molar-refractivity contribution is -0.124. The average Bonchev–Trinajstić information content (AvgIpc) is 2.35. The van der Waals surface area contributed by atoms with Gasteiger partial charge in [-0.15, -0.1) is 0 Å². The average molecular weight is 245 g/mol. The lowest BCUT2D eigenvalue weighted by Crippen LogP contribution is -2.41. The van der Waals surface area contributed by atoms with E-state index >= 15 is 0 Å². The van der Waals surface area contributed by atoms with Crippen LogP contribution in [0, 0.1) is 5.92 Å². The van der Waals surface area contributed by atoms with E-state index in [9.17, 15) is 4.79 Å². The molecule has 1 aromatic carbocycles.